The Morgan fingerprint density at radius 3 is 1.92 bits per heavy atom. The second-order valence-corrected chi connectivity index (χ2v) is 9.81. The molecule has 0 fully saturated rings. The molecule has 0 heterocycles. The highest BCUT2D eigenvalue weighted by Crippen LogP contribution is 2.31. The minimum Gasteiger partial charge on any atom is -0.325 e. The van der Waals surface area contributed by atoms with Crippen molar-refractivity contribution in [2.24, 2.45) is 11.8 Å². The molecule has 150 valence electrons. The zero-order valence-electron chi connectivity index (χ0n) is 18.9. The molecule has 0 spiro atoms. The summed E-state index contributed by atoms with van der Waals surface area (Å²) in [5, 5.41) is 0. The van der Waals surface area contributed by atoms with Crippen LogP contribution in [0.5, 0.6) is 0 Å². The van der Waals surface area contributed by atoms with E-state index in [1.54, 1.807) is 0 Å². The molecule has 1 aromatic rings. The van der Waals surface area contributed by atoms with Crippen molar-refractivity contribution in [2.45, 2.75) is 92.0 Å². The van der Waals surface area contributed by atoms with Gasteiger partial charge in [-0.2, -0.15) is 0 Å². The molecule has 1 rings (SSSR count). The number of nitrogens with zero attached hydrogens (tertiary/aromatic N) is 1. The van der Waals surface area contributed by atoms with Gasteiger partial charge in [-0.3, -0.25) is 0 Å². The average molecular weight is 361 g/mol. The third kappa shape index (κ3) is 9.21. The van der Waals surface area contributed by atoms with E-state index in [1.165, 1.54) is 62.6 Å². The van der Waals surface area contributed by atoms with E-state index in [-0.39, 0.29) is 0 Å². The summed E-state index contributed by atoms with van der Waals surface area (Å²) in [6, 6.07) is 9.55. The molecule has 1 atom stereocenters. The van der Waals surface area contributed by atoms with Gasteiger partial charge in [0.15, 0.2) is 0 Å². The van der Waals surface area contributed by atoms with Crippen molar-refractivity contribution in [1.82, 2.24) is 0 Å². The van der Waals surface area contributed by atoms with E-state index in [0.29, 0.717) is 11.8 Å². The summed E-state index contributed by atoms with van der Waals surface area (Å²) in [6.07, 6.45) is 9.61. The minimum absolute atomic E-state index is 0.690. The number of hydrogen-bond donors (Lipinski definition) is 0. The fourth-order valence-electron chi connectivity index (χ4n) is 4.06. The lowest BCUT2D eigenvalue weighted by Gasteiger charge is -2.30. The van der Waals surface area contributed by atoms with Crippen LogP contribution in [-0.4, -0.2) is 25.1 Å². The first-order valence-corrected chi connectivity index (χ1v) is 11.2. The van der Waals surface area contributed by atoms with Gasteiger partial charge in [0.05, 0.1) is 20.6 Å². The van der Waals surface area contributed by atoms with Gasteiger partial charge >= 0.3 is 0 Å². The summed E-state index contributed by atoms with van der Waals surface area (Å²) in [6.45, 7) is 14.1. The Hall–Kier alpha value is -0.820. The van der Waals surface area contributed by atoms with Gasteiger partial charge in [-0.25, -0.2) is 0 Å². The molecule has 0 saturated heterocycles. The molecule has 1 aromatic carbocycles. The highest BCUT2D eigenvalue weighted by atomic mass is 15.3. The maximum atomic E-state index is 2.40. The van der Waals surface area contributed by atoms with Gasteiger partial charge in [0.2, 0.25) is 0 Å². The molecule has 1 heteroatoms. The largest absolute Gasteiger partial charge is 0.325 e. The molecule has 0 aliphatic carbocycles. The number of quaternary nitrogens is 1. The quantitative estimate of drug-likeness (QED) is 0.254. The van der Waals surface area contributed by atoms with Crippen LogP contribution >= 0.6 is 0 Å². The first kappa shape index (κ1) is 23.2. The maximum absolute atomic E-state index is 2.40. The van der Waals surface area contributed by atoms with Crippen molar-refractivity contribution in [2.75, 3.05) is 20.6 Å². The van der Waals surface area contributed by atoms with Crippen LogP contribution in [0.2, 0.25) is 0 Å². The number of benzene rings is 1. The van der Waals surface area contributed by atoms with Crippen LogP contribution in [0.3, 0.4) is 0 Å². The highest BCUT2D eigenvalue weighted by Gasteiger charge is 2.19. The molecule has 0 aliphatic rings. The fraction of sp³-hybridized carbons (Fsp3) is 0.760. The Morgan fingerprint density at radius 1 is 0.808 bits per heavy atom. The second kappa shape index (κ2) is 11.8. The third-order valence-corrected chi connectivity index (χ3v) is 5.67. The van der Waals surface area contributed by atoms with Gasteiger partial charge in [0, 0.05) is 5.56 Å². The summed E-state index contributed by atoms with van der Waals surface area (Å²) in [7, 11) is 4.77. The number of unbranched alkanes of at least 4 members (excludes halogenated alkanes) is 5. The Labute approximate surface area is 164 Å². The van der Waals surface area contributed by atoms with Crippen molar-refractivity contribution in [1.29, 1.82) is 0 Å². The number of hydrogen-bond acceptors (Lipinski definition) is 0. The second-order valence-electron chi connectivity index (χ2n) is 9.81. The van der Waals surface area contributed by atoms with Crippen molar-refractivity contribution < 1.29 is 4.48 Å². The molecule has 0 radical (unpaired) electrons. The minimum atomic E-state index is 0.690. The molecule has 0 bridgehead atoms. The Kier molecular flexibility index (Phi) is 10.5. The van der Waals surface area contributed by atoms with E-state index in [4.69, 9.17) is 0 Å². The standard InChI is InChI=1S/C25H46N/c1-8-9-10-11-12-13-18-26(6,7)20-23-14-16-24(17-15-23)25(22(4)5)19-21(2)3/h14-17,21-22,25H,8-13,18-20H2,1-7H3/q+1. The van der Waals surface area contributed by atoms with E-state index in [9.17, 15) is 0 Å². The molecule has 0 aromatic heterocycles. The summed E-state index contributed by atoms with van der Waals surface area (Å²) < 4.78 is 1.10. The van der Waals surface area contributed by atoms with Crippen LogP contribution in [0.25, 0.3) is 0 Å². The zero-order chi connectivity index (χ0) is 19.6. The Bertz CT molecular complexity index is 469. The zero-order valence-corrected chi connectivity index (χ0v) is 18.9. The van der Waals surface area contributed by atoms with Crippen LogP contribution < -0.4 is 0 Å². The lowest BCUT2D eigenvalue weighted by atomic mass is 9.82. The highest BCUT2D eigenvalue weighted by molar-refractivity contribution is 5.25. The van der Waals surface area contributed by atoms with Crippen LogP contribution in [-0.2, 0) is 6.54 Å². The first-order chi connectivity index (χ1) is 12.2. The average Bonchev–Trinajstić information content (AvgIpc) is 2.56. The van der Waals surface area contributed by atoms with Crippen LogP contribution in [0, 0.1) is 11.8 Å². The Morgan fingerprint density at radius 2 is 1.38 bits per heavy atom. The van der Waals surface area contributed by atoms with Gasteiger partial charge in [-0.15, -0.1) is 0 Å². The van der Waals surface area contributed by atoms with E-state index in [0.717, 1.165) is 16.9 Å². The molecule has 1 unspecified atom stereocenters. The molecular weight excluding hydrogens is 314 g/mol. The molecular formula is C25H46N+. The van der Waals surface area contributed by atoms with Crippen molar-refractivity contribution >= 4 is 0 Å². The Balaban J connectivity index is 2.53. The van der Waals surface area contributed by atoms with Gasteiger partial charge in [-0.1, -0.05) is 84.6 Å². The molecule has 0 N–H and O–H groups in total. The SMILES string of the molecule is CCCCCCCC[N+](C)(C)Cc1ccc(C(CC(C)C)C(C)C)cc1. The summed E-state index contributed by atoms with van der Waals surface area (Å²) in [5.41, 5.74) is 3.01. The normalized spacial score (nSPS) is 13.6. The van der Waals surface area contributed by atoms with E-state index in [1.807, 2.05) is 0 Å². The third-order valence-electron chi connectivity index (χ3n) is 5.67. The fourth-order valence-corrected chi connectivity index (χ4v) is 4.06. The molecule has 26 heavy (non-hydrogen) atoms. The molecule has 1 nitrogen and oxygen atoms in total. The van der Waals surface area contributed by atoms with Crippen LogP contribution in [0.4, 0.5) is 0 Å². The summed E-state index contributed by atoms with van der Waals surface area (Å²) in [4.78, 5) is 0. The van der Waals surface area contributed by atoms with Gasteiger partial charge in [0.1, 0.15) is 6.54 Å². The lowest BCUT2D eigenvalue weighted by Crippen LogP contribution is -2.39. The van der Waals surface area contributed by atoms with Crippen molar-refractivity contribution in [3.8, 4) is 0 Å². The lowest BCUT2D eigenvalue weighted by molar-refractivity contribution is -0.903. The molecule has 0 saturated carbocycles. The van der Waals surface area contributed by atoms with Gasteiger partial charge < -0.3 is 4.48 Å². The van der Waals surface area contributed by atoms with E-state index in [2.05, 4.69) is 73.0 Å². The smallest absolute Gasteiger partial charge is 0.104 e. The monoisotopic (exact) mass is 360 g/mol. The van der Waals surface area contributed by atoms with Crippen molar-refractivity contribution in [3.63, 3.8) is 0 Å². The summed E-state index contributed by atoms with van der Waals surface area (Å²) >= 11 is 0. The number of rotatable bonds is 13. The maximum Gasteiger partial charge on any atom is 0.104 e. The topological polar surface area (TPSA) is 0 Å². The van der Waals surface area contributed by atoms with Crippen LogP contribution in [0.1, 0.15) is 96.6 Å². The van der Waals surface area contributed by atoms with Crippen LogP contribution in [0.15, 0.2) is 24.3 Å². The predicted octanol–water partition coefficient (Wildman–Crippen LogP) is 7.41. The van der Waals surface area contributed by atoms with Gasteiger partial charge in [0.25, 0.3) is 0 Å². The molecule has 0 amide bonds. The summed E-state index contributed by atoms with van der Waals surface area (Å²) in [5.74, 6) is 2.16. The first-order valence-electron chi connectivity index (χ1n) is 11.2. The van der Waals surface area contributed by atoms with Gasteiger partial charge in [-0.05, 0) is 42.6 Å². The van der Waals surface area contributed by atoms with E-state index < -0.39 is 0 Å². The van der Waals surface area contributed by atoms with Crippen molar-refractivity contribution in [3.05, 3.63) is 35.4 Å². The molecule has 0 aliphatic heterocycles. The van der Waals surface area contributed by atoms with E-state index >= 15 is 0 Å². The predicted molar refractivity (Wildman–Crippen MR) is 118 cm³/mol.